The van der Waals surface area contributed by atoms with Crippen LogP contribution in [0.5, 0.6) is 0 Å². The van der Waals surface area contributed by atoms with E-state index in [1.807, 2.05) is 31.2 Å². The molecule has 0 aliphatic carbocycles. The number of benzene rings is 2. The van der Waals surface area contributed by atoms with Gasteiger partial charge in [0.25, 0.3) is 5.69 Å². The third-order valence-electron chi connectivity index (χ3n) is 3.01. The number of nitrogens with one attached hydrogen (secondary N) is 1. The first-order chi connectivity index (χ1) is 9.61. The molecule has 0 bridgehead atoms. The lowest BCUT2D eigenvalue weighted by Gasteiger charge is -2.11. The van der Waals surface area contributed by atoms with Crippen LogP contribution in [0.15, 0.2) is 42.5 Å². The summed E-state index contributed by atoms with van der Waals surface area (Å²) in [5.41, 5.74) is 2.87. The van der Waals surface area contributed by atoms with E-state index in [1.165, 1.54) is 6.07 Å². The summed E-state index contributed by atoms with van der Waals surface area (Å²) in [5.74, 6) is 0. The lowest BCUT2D eigenvalue weighted by molar-refractivity contribution is -0.384. The van der Waals surface area contributed by atoms with Gasteiger partial charge in [0.1, 0.15) is 0 Å². The van der Waals surface area contributed by atoms with Gasteiger partial charge in [-0.25, -0.2) is 0 Å². The Morgan fingerprint density at radius 2 is 2.05 bits per heavy atom. The van der Waals surface area contributed by atoms with Gasteiger partial charge in [-0.2, -0.15) is 0 Å². The summed E-state index contributed by atoms with van der Waals surface area (Å²) >= 11 is 6.05. The minimum Gasteiger partial charge on any atom is -0.313 e. The number of hydrogen-bond donors (Lipinski definition) is 1. The fourth-order valence-corrected chi connectivity index (χ4v) is 2.19. The van der Waals surface area contributed by atoms with Crippen LogP contribution in [0.1, 0.15) is 12.5 Å². The molecule has 0 saturated carbocycles. The minimum absolute atomic E-state index is 0.0804. The molecule has 0 spiro atoms. The van der Waals surface area contributed by atoms with E-state index in [-0.39, 0.29) is 5.69 Å². The Morgan fingerprint density at radius 3 is 2.75 bits per heavy atom. The monoisotopic (exact) mass is 290 g/mol. The van der Waals surface area contributed by atoms with Gasteiger partial charge in [0.05, 0.1) is 4.92 Å². The Morgan fingerprint density at radius 1 is 1.25 bits per heavy atom. The number of nitro groups is 1. The third kappa shape index (κ3) is 3.35. The second-order valence-electron chi connectivity index (χ2n) is 4.39. The molecule has 0 aliphatic rings. The maximum Gasteiger partial charge on any atom is 0.270 e. The molecule has 0 heterocycles. The van der Waals surface area contributed by atoms with Crippen molar-refractivity contribution in [3.05, 3.63) is 63.2 Å². The normalized spacial score (nSPS) is 10.5. The second-order valence-corrected chi connectivity index (χ2v) is 4.83. The van der Waals surface area contributed by atoms with Gasteiger partial charge in [-0.15, -0.1) is 0 Å². The Hall–Kier alpha value is -1.91. The molecule has 104 valence electrons. The van der Waals surface area contributed by atoms with E-state index in [1.54, 1.807) is 12.1 Å². The highest BCUT2D eigenvalue weighted by Crippen LogP contribution is 2.29. The fourth-order valence-electron chi connectivity index (χ4n) is 2.02. The van der Waals surface area contributed by atoms with Crippen LogP contribution in [-0.2, 0) is 6.54 Å². The maximum atomic E-state index is 10.9. The van der Waals surface area contributed by atoms with Gasteiger partial charge in [-0.05, 0) is 35.4 Å². The van der Waals surface area contributed by atoms with Crippen molar-refractivity contribution in [3.8, 4) is 11.1 Å². The largest absolute Gasteiger partial charge is 0.313 e. The zero-order valence-corrected chi connectivity index (χ0v) is 11.9. The molecule has 0 amide bonds. The average Bonchev–Trinajstić information content (AvgIpc) is 2.46. The van der Waals surface area contributed by atoms with Crippen molar-refractivity contribution in [2.24, 2.45) is 0 Å². The highest BCUT2D eigenvalue weighted by molar-refractivity contribution is 6.30. The Kier molecular flexibility index (Phi) is 4.71. The minimum atomic E-state index is -0.391. The first-order valence-electron chi connectivity index (χ1n) is 6.35. The molecule has 0 aliphatic heterocycles. The van der Waals surface area contributed by atoms with Gasteiger partial charge < -0.3 is 5.32 Å². The molecule has 0 radical (unpaired) electrons. The molecule has 20 heavy (non-hydrogen) atoms. The molecule has 2 rings (SSSR count). The number of nitro benzene ring substituents is 1. The zero-order chi connectivity index (χ0) is 14.5. The standard InChI is InChI=1S/C15H15ClN2O2/c1-2-17-10-12-6-7-13(16)9-15(12)11-4-3-5-14(8-11)18(19)20/h3-9,17H,2,10H2,1H3. The number of halogens is 1. The highest BCUT2D eigenvalue weighted by Gasteiger charge is 2.10. The van der Waals surface area contributed by atoms with Crippen molar-refractivity contribution in [1.82, 2.24) is 5.32 Å². The fraction of sp³-hybridized carbons (Fsp3) is 0.200. The Balaban J connectivity index is 2.47. The molecule has 0 fully saturated rings. The topological polar surface area (TPSA) is 55.2 Å². The summed E-state index contributed by atoms with van der Waals surface area (Å²) in [7, 11) is 0. The van der Waals surface area contributed by atoms with Crippen LogP contribution in [-0.4, -0.2) is 11.5 Å². The van der Waals surface area contributed by atoms with Crippen molar-refractivity contribution in [2.45, 2.75) is 13.5 Å². The molecule has 5 heteroatoms. The molecule has 0 atom stereocenters. The van der Waals surface area contributed by atoms with Crippen molar-refractivity contribution >= 4 is 17.3 Å². The highest BCUT2D eigenvalue weighted by atomic mass is 35.5. The van der Waals surface area contributed by atoms with Gasteiger partial charge in [-0.1, -0.05) is 36.7 Å². The first-order valence-corrected chi connectivity index (χ1v) is 6.73. The van der Waals surface area contributed by atoms with Crippen molar-refractivity contribution in [3.63, 3.8) is 0 Å². The van der Waals surface area contributed by atoms with E-state index >= 15 is 0 Å². The molecule has 0 aromatic heterocycles. The summed E-state index contributed by atoms with van der Waals surface area (Å²) in [4.78, 5) is 10.5. The van der Waals surface area contributed by atoms with E-state index in [2.05, 4.69) is 5.32 Å². The van der Waals surface area contributed by atoms with Crippen LogP contribution in [0.25, 0.3) is 11.1 Å². The summed E-state index contributed by atoms with van der Waals surface area (Å²) < 4.78 is 0. The summed E-state index contributed by atoms with van der Waals surface area (Å²) in [6.07, 6.45) is 0. The van der Waals surface area contributed by atoms with Crippen LogP contribution in [0.2, 0.25) is 5.02 Å². The lowest BCUT2D eigenvalue weighted by atomic mass is 9.99. The van der Waals surface area contributed by atoms with Gasteiger partial charge >= 0.3 is 0 Å². The maximum absolute atomic E-state index is 10.9. The second kappa shape index (κ2) is 6.50. The number of nitrogens with zero attached hydrogens (tertiary/aromatic N) is 1. The van der Waals surface area contributed by atoms with Crippen molar-refractivity contribution < 1.29 is 4.92 Å². The van der Waals surface area contributed by atoms with Gasteiger partial charge in [0.2, 0.25) is 0 Å². The third-order valence-corrected chi connectivity index (χ3v) is 3.24. The van der Waals surface area contributed by atoms with Gasteiger partial charge in [-0.3, -0.25) is 10.1 Å². The van der Waals surface area contributed by atoms with E-state index < -0.39 is 4.92 Å². The van der Waals surface area contributed by atoms with Crippen LogP contribution < -0.4 is 5.32 Å². The smallest absolute Gasteiger partial charge is 0.270 e. The Labute approximate surface area is 122 Å². The van der Waals surface area contributed by atoms with Crippen LogP contribution in [0, 0.1) is 10.1 Å². The quantitative estimate of drug-likeness (QED) is 0.668. The SMILES string of the molecule is CCNCc1ccc(Cl)cc1-c1cccc([N+](=O)[O-])c1. The van der Waals surface area contributed by atoms with Crippen LogP contribution in [0.3, 0.4) is 0 Å². The summed E-state index contributed by atoms with van der Waals surface area (Å²) in [6, 6.07) is 12.2. The number of non-ortho nitro benzene ring substituents is 1. The van der Waals surface area contributed by atoms with E-state index in [0.717, 1.165) is 23.2 Å². The van der Waals surface area contributed by atoms with Crippen LogP contribution >= 0.6 is 11.6 Å². The Bertz CT molecular complexity index is 629. The molecule has 2 aromatic rings. The van der Waals surface area contributed by atoms with Crippen molar-refractivity contribution in [1.29, 1.82) is 0 Å². The molecule has 0 unspecified atom stereocenters. The number of rotatable bonds is 5. The van der Waals surface area contributed by atoms with Crippen molar-refractivity contribution in [2.75, 3.05) is 6.54 Å². The average molecular weight is 291 g/mol. The van der Waals surface area contributed by atoms with E-state index in [0.29, 0.717) is 11.6 Å². The van der Waals surface area contributed by atoms with Gasteiger partial charge in [0, 0.05) is 23.7 Å². The molecule has 0 saturated heterocycles. The molecule has 4 nitrogen and oxygen atoms in total. The lowest BCUT2D eigenvalue weighted by Crippen LogP contribution is -2.12. The molecular formula is C15H15ClN2O2. The predicted molar refractivity (Wildman–Crippen MR) is 80.9 cm³/mol. The van der Waals surface area contributed by atoms with Crippen LogP contribution in [0.4, 0.5) is 5.69 Å². The summed E-state index contributed by atoms with van der Waals surface area (Å²) in [5, 5.41) is 14.7. The van der Waals surface area contributed by atoms with E-state index in [9.17, 15) is 10.1 Å². The molecule has 2 aromatic carbocycles. The molecular weight excluding hydrogens is 276 g/mol. The first kappa shape index (κ1) is 14.5. The zero-order valence-electron chi connectivity index (χ0n) is 11.1. The van der Waals surface area contributed by atoms with Gasteiger partial charge in [0.15, 0.2) is 0 Å². The predicted octanol–water partition coefficient (Wildman–Crippen LogP) is 4.02. The number of hydrogen-bond acceptors (Lipinski definition) is 3. The molecule has 1 N–H and O–H groups in total. The summed E-state index contributed by atoms with van der Waals surface area (Å²) in [6.45, 7) is 3.59. The van der Waals surface area contributed by atoms with E-state index in [4.69, 9.17) is 11.6 Å².